The average molecular weight is 182 g/mol. The zero-order valence-corrected chi connectivity index (χ0v) is 8.63. The average Bonchev–Trinajstić information content (AvgIpc) is 2.15. The van der Waals surface area contributed by atoms with E-state index in [1.165, 1.54) is 17.9 Å². The molecule has 0 aliphatic carbocycles. The molecule has 0 aliphatic rings. The molecule has 1 atom stereocenters. The molecule has 12 heavy (non-hydrogen) atoms. The minimum absolute atomic E-state index is 0.885. The third-order valence-electron chi connectivity index (χ3n) is 1.67. The summed E-state index contributed by atoms with van der Waals surface area (Å²) in [5.41, 5.74) is 0. The molecular formula is C10H15OP. The largest absolute Gasteiger partial charge is 0.496 e. The van der Waals surface area contributed by atoms with Gasteiger partial charge in [-0.3, -0.25) is 0 Å². The lowest BCUT2D eigenvalue weighted by Gasteiger charge is -2.06. The third-order valence-corrected chi connectivity index (χ3v) is 3.22. The van der Waals surface area contributed by atoms with Crippen LogP contribution in [0.5, 0.6) is 5.75 Å². The van der Waals surface area contributed by atoms with Gasteiger partial charge < -0.3 is 4.74 Å². The Morgan fingerprint density at radius 2 is 2.08 bits per heavy atom. The molecular weight excluding hydrogens is 167 g/mol. The molecule has 0 heterocycles. The first kappa shape index (κ1) is 9.54. The molecule has 0 radical (unpaired) electrons. The summed E-state index contributed by atoms with van der Waals surface area (Å²) in [5, 5.41) is 1.35. The summed E-state index contributed by atoms with van der Waals surface area (Å²) in [7, 11) is 2.62. The Labute approximate surface area is 75.9 Å². The second kappa shape index (κ2) is 5.16. The highest BCUT2D eigenvalue weighted by atomic mass is 31.1. The Hall–Kier alpha value is -0.550. The maximum atomic E-state index is 5.25. The molecule has 1 nitrogen and oxygen atoms in total. The fourth-order valence-corrected chi connectivity index (χ4v) is 2.14. The smallest absolute Gasteiger partial charge is 0.126 e. The normalized spacial score (nSPS) is 10.8. The van der Waals surface area contributed by atoms with Crippen molar-refractivity contribution in [2.45, 2.75) is 13.3 Å². The Bertz CT molecular complexity index is 235. The van der Waals surface area contributed by atoms with Gasteiger partial charge in [-0.15, -0.1) is 0 Å². The summed E-state index contributed by atoms with van der Waals surface area (Å²) in [6, 6.07) is 8.25. The molecule has 66 valence electrons. The number of para-hydroxylation sites is 1. The van der Waals surface area contributed by atoms with E-state index in [1.807, 2.05) is 12.1 Å². The Morgan fingerprint density at radius 1 is 1.33 bits per heavy atom. The van der Waals surface area contributed by atoms with Crippen molar-refractivity contribution in [3.8, 4) is 5.75 Å². The van der Waals surface area contributed by atoms with Gasteiger partial charge in [-0.25, -0.2) is 0 Å². The van der Waals surface area contributed by atoms with Gasteiger partial charge in [-0.1, -0.05) is 40.1 Å². The molecule has 1 unspecified atom stereocenters. The zero-order valence-electron chi connectivity index (χ0n) is 7.63. The highest BCUT2D eigenvalue weighted by Gasteiger charge is 1.98. The number of ether oxygens (including phenoxy) is 1. The van der Waals surface area contributed by atoms with Crippen molar-refractivity contribution in [3.05, 3.63) is 24.3 Å². The van der Waals surface area contributed by atoms with Crippen LogP contribution in [0.2, 0.25) is 0 Å². The van der Waals surface area contributed by atoms with Crippen LogP contribution in [0.25, 0.3) is 0 Å². The molecule has 0 fully saturated rings. The monoisotopic (exact) mass is 182 g/mol. The van der Waals surface area contributed by atoms with Gasteiger partial charge in [0.25, 0.3) is 0 Å². The van der Waals surface area contributed by atoms with Gasteiger partial charge in [0.05, 0.1) is 7.11 Å². The minimum atomic E-state index is 0.885. The lowest BCUT2D eigenvalue weighted by atomic mass is 10.3. The second-order valence-corrected chi connectivity index (χ2v) is 4.02. The summed E-state index contributed by atoms with van der Waals surface area (Å²) >= 11 is 0. The predicted octanol–water partition coefficient (Wildman–Crippen LogP) is 2.41. The van der Waals surface area contributed by atoms with Crippen molar-refractivity contribution in [1.82, 2.24) is 0 Å². The lowest BCUT2D eigenvalue weighted by Crippen LogP contribution is -2.00. The van der Waals surface area contributed by atoms with E-state index in [4.69, 9.17) is 4.74 Å². The van der Waals surface area contributed by atoms with E-state index in [9.17, 15) is 0 Å². The first-order valence-corrected chi connectivity index (χ1v) is 5.46. The van der Waals surface area contributed by atoms with Gasteiger partial charge in [-0.2, -0.15) is 0 Å². The number of benzene rings is 1. The zero-order chi connectivity index (χ0) is 8.81. The molecule has 1 aromatic carbocycles. The Balaban J connectivity index is 2.68. The van der Waals surface area contributed by atoms with Crippen LogP contribution < -0.4 is 10.0 Å². The van der Waals surface area contributed by atoms with Gasteiger partial charge in [0, 0.05) is 5.30 Å². The topological polar surface area (TPSA) is 9.23 Å². The molecule has 0 spiro atoms. The molecule has 1 aromatic rings. The minimum Gasteiger partial charge on any atom is -0.496 e. The van der Waals surface area contributed by atoms with Crippen LogP contribution in [0.4, 0.5) is 0 Å². The maximum absolute atomic E-state index is 5.25. The molecule has 0 aromatic heterocycles. The fourth-order valence-electron chi connectivity index (χ4n) is 1.05. The van der Waals surface area contributed by atoms with Crippen molar-refractivity contribution in [3.63, 3.8) is 0 Å². The van der Waals surface area contributed by atoms with Crippen molar-refractivity contribution in [2.24, 2.45) is 0 Å². The molecule has 0 aliphatic heterocycles. The van der Waals surface area contributed by atoms with Crippen molar-refractivity contribution >= 4 is 13.9 Å². The van der Waals surface area contributed by atoms with E-state index < -0.39 is 0 Å². The summed E-state index contributed by atoms with van der Waals surface area (Å²) in [5.74, 6) is 1.03. The van der Waals surface area contributed by atoms with Crippen LogP contribution in [0.15, 0.2) is 24.3 Å². The Kier molecular flexibility index (Phi) is 4.10. The molecule has 0 saturated heterocycles. The van der Waals surface area contributed by atoms with Gasteiger partial charge in [-0.05, 0) is 12.2 Å². The van der Waals surface area contributed by atoms with E-state index in [1.54, 1.807) is 7.11 Å². The number of hydrogen-bond donors (Lipinski definition) is 0. The lowest BCUT2D eigenvalue weighted by molar-refractivity contribution is 0.418. The SMILES string of the molecule is CCCPc1ccccc1OC. The second-order valence-electron chi connectivity index (χ2n) is 2.63. The first-order valence-electron chi connectivity index (χ1n) is 4.25. The summed E-state index contributed by atoms with van der Waals surface area (Å²) in [6.07, 6.45) is 2.51. The summed E-state index contributed by atoms with van der Waals surface area (Å²) in [4.78, 5) is 0. The first-order chi connectivity index (χ1) is 5.88. The quantitative estimate of drug-likeness (QED) is 0.650. The molecule has 0 amide bonds. The summed E-state index contributed by atoms with van der Waals surface area (Å²) in [6.45, 7) is 2.21. The molecule has 0 saturated carbocycles. The van der Waals surface area contributed by atoms with Crippen LogP contribution in [0.1, 0.15) is 13.3 Å². The van der Waals surface area contributed by atoms with Crippen molar-refractivity contribution < 1.29 is 4.74 Å². The summed E-state index contributed by atoms with van der Waals surface area (Å²) < 4.78 is 5.25. The maximum Gasteiger partial charge on any atom is 0.126 e. The van der Waals surface area contributed by atoms with E-state index in [0.29, 0.717) is 0 Å². The van der Waals surface area contributed by atoms with Gasteiger partial charge in [0.15, 0.2) is 0 Å². The van der Waals surface area contributed by atoms with Crippen LogP contribution in [0, 0.1) is 0 Å². The van der Waals surface area contributed by atoms with E-state index >= 15 is 0 Å². The van der Waals surface area contributed by atoms with Gasteiger partial charge in [0.1, 0.15) is 5.75 Å². The highest BCUT2D eigenvalue weighted by molar-refractivity contribution is 7.47. The van der Waals surface area contributed by atoms with Crippen LogP contribution >= 0.6 is 8.58 Å². The number of methoxy groups -OCH3 is 1. The molecule has 0 N–H and O–H groups in total. The molecule has 0 bridgehead atoms. The van der Waals surface area contributed by atoms with Crippen LogP contribution in [0.3, 0.4) is 0 Å². The molecule has 1 rings (SSSR count). The molecule has 2 heteroatoms. The predicted molar refractivity (Wildman–Crippen MR) is 56.1 cm³/mol. The number of rotatable bonds is 4. The van der Waals surface area contributed by atoms with Gasteiger partial charge >= 0.3 is 0 Å². The number of hydrogen-bond acceptors (Lipinski definition) is 1. The van der Waals surface area contributed by atoms with E-state index in [-0.39, 0.29) is 0 Å². The van der Waals surface area contributed by atoms with E-state index in [0.717, 1.165) is 14.3 Å². The van der Waals surface area contributed by atoms with Crippen molar-refractivity contribution in [1.29, 1.82) is 0 Å². The third kappa shape index (κ3) is 2.49. The standard InChI is InChI=1S/C10H15OP/c1-3-8-12-10-7-5-4-6-9(10)11-2/h4-7,12H,3,8H2,1-2H3. The highest BCUT2D eigenvalue weighted by Crippen LogP contribution is 2.19. The van der Waals surface area contributed by atoms with E-state index in [2.05, 4.69) is 19.1 Å². The Morgan fingerprint density at radius 3 is 2.75 bits per heavy atom. The fraction of sp³-hybridized carbons (Fsp3) is 0.400. The van der Waals surface area contributed by atoms with Crippen LogP contribution in [-0.2, 0) is 0 Å². The van der Waals surface area contributed by atoms with Crippen molar-refractivity contribution in [2.75, 3.05) is 13.3 Å². The van der Waals surface area contributed by atoms with Crippen LogP contribution in [-0.4, -0.2) is 13.3 Å². The van der Waals surface area contributed by atoms with Gasteiger partial charge in [0.2, 0.25) is 0 Å².